The van der Waals surface area contributed by atoms with E-state index in [2.05, 4.69) is 20.9 Å². The summed E-state index contributed by atoms with van der Waals surface area (Å²) in [6, 6.07) is 1.09. The van der Waals surface area contributed by atoms with Crippen molar-refractivity contribution in [2.45, 2.75) is 51.6 Å². The lowest BCUT2D eigenvalue weighted by atomic mass is 9.92. The molecule has 2 aliphatic rings. The second-order valence-electron chi connectivity index (χ2n) is 6.99. The molecule has 5 amide bonds. The second kappa shape index (κ2) is 6.34. The monoisotopic (exact) mass is 345 g/mol. The number of aromatic nitrogens is 1. The quantitative estimate of drug-likeness (QED) is 0.725. The van der Waals surface area contributed by atoms with Gasteiger partial charge in [0.25, 0.3) is 5.91 Å². The molecule has 3 heterocycles. The highest BCUT2D eigenvalue weighted by molar-refractivity contribution is 6.06. The van der Waals surface area contributed by atoms with Gasteiger partial charge in [-0.25, -0.2) is 9.59 Å². The minimum Gasteiger partial charge on any atom is -0.323 e. The predicted molar refractivity (Wildman–Crippen MR) is 92.2 cm³/mol. The molecule has 1 aromatic heterocycles. The van der Waals surface area contributed by atoms with Crippen molar-refractivity contribution in [3.8, 4) is 0 Å². The number of carbonyl (C=O) groups excluding carboxylic acids is 3. The number of anilines is 1. The van der Waals surface area contributed by atoms with E-state index in [4.69, 9.17) is 0 Å². The first-order valence-corrected chi connectivity index (χ1v) is 8.43. The molecule has 0 aromatic carbocycles. The Morgan fingerprint density at radius 2 is 2.20 bits per heavy atom. The van der Waals surface area contributed by atoms with E-state index in [9.17, 15) is 14.4 Å². The van der Waals surface area contributed by atoms with Gasteiger partial charge in [-0.1, -0.05) is 0 Å². The zero-order chi connectivity index (χ0) is 18.2. The van der Waals surface area contributed by atoms with Crippen LogP contribution < -0.4 is 16.0 Å². The van der Waals surface area contributed by atoms with Gasteiger partial charge in [-0.15, -0.1) is 0 Å². The SMILES string of the molecule is Cc1cc(NC(=O)N2CCCC2CC2(C)NC(=O)NC2=O)cnc1C. The van der Waals surface area contributed by atoms with E-state index in [0.29, 0.717) is 18.7 Å². The number of hydrogen-bond donors (Lipinski definition) is 3. The molecule has 0 aliphatic carbocycles. The third kappa shape index (κ3) is 3.42. The lowest BCUT2D eigenvalue weighted by Crippen LogP contribution is -2.50. The number of imide groups is 1. The van der Waals surface area contributed by atoms with Gasteiger partial charge in [-0.2, -0.15) is 0 Å². The van der Waals surface area contributed by atoms with Crippen molar-refractivity contribution in [3.05, 3.63) is 23.5 Å². The van der Waals surface area contributed by atoms with Gasteiger partial charge in [-0.3, -0.25) is 15.1 Å². The minimum atomic E-state index is -0.980. The number of amides is 5. The van der Waals surface area contributed by atoms with E-state index in [0.717, 1.165) is 24.1 Å². The van der Waals surface area contributed by atoms with Crippen LogP contribution in [0.5, 0.6) is 0 Å². The van der Waals surface area contributed by atoms with Crippen LogP contribution in [0.1, 0.15) is 37.4 Å². The van der Waals surface area contributed by atoms with Crippen molar-refractivity contribution in [2.24, 2.45) is 0 Å². The van der Waals surface area contributed by atoms with Gasteiger partial charge >= 0.3 is 12.1 Å². The van der Waals surface area contributed by atoms with Crippen LogP contribution in [0.2, 0.25) is 0 Å². The highest BCUT2D eigenvalue weighted by atomic mass is 16.2. The number of nitrogens with zero attached hydrogens (tertiary/aromatic N) is 2. The Labute approximate surface area is 146 Å². The summed E-state index contributed by atoms with van der Waals surface area (Å²) in [4.78, 5) is 42.1. The maximum absolute atomic E-state index is 12.6. The van der Waals surface area contributed by atoms with Gasteiger partial charge in [0.05, 0.1) is 11.9 Å². The summed E-state index contributed by atoms with van der Waals surface area (Å²) in [5.41, 5.74) is 1.60. The first kappa shape index (κ1) is 17.2. The van der Waals surface area contributed by atoms with Gasteiger partial charge in [-0.05, 0) is 51.7 Å². The first-order valence-electron chi connectivity index (χ1n) is 8.43. The largest absolute Gasteiger partial charge is 0.323 e. The Morgan fingerprint density at radius 3 is 2.84 bits per heavy atom. The van der Waals surface area contributed by atoms with Crippen LogP contribution in [0.25, 0.3) is 0 Å². The number of aryl methyl sites for hydroxylation is 2. The number of carbonyl (C=O) groups is 3. The second-order valence-corrected chi connectivity index (χ2v) is 6.99. The summed E-state index contributed by atoms with van der Waals surface area (Å²) in [6.45, 7) is 6.17. The normalized spacial score (nSPS) is 25.7. The Bertz CT molecular complexity index is 735. The maximum atomic E-state index is 12.6. The number of likely N-dealkylation sites (tertiary alicyclic amines) is 1. The summed E-state index contributed by atoms with van der Waals surface area (Å²) < 4.78 is 0. The molecule has 3 rings (SSSR count). The van der Waals surface area contributed by atoms with Crippen LogP contribution in [0.15, 0.2) is 12.3 Å². The number of urea groups is 2. The molecule has 2 fully saturated rings. The topological polar surface area (TPSA) is 103 Å². The summed E-state index contributed by atoms with van der Waals surface area (Å²) in [5.74, 6) is -0.344. The Balaban J connectivity index is 1.68. The van der Waals surface area contributed by atoms with Gasteiger partial charge in [0.2, 0.25) is 0 Å². The van der Waals surface area contributed by atoms with E-state index in [1.165, 1.54) is 0 Å². The zero-order valence-corrected chi connectivity index (χ0v) is 14.7. The third-order valence-corrected chi connectivity index (χ3v) is 4.99. The number of nitrogens with one attached hydrogen (secondary N) is 3. The molecule has 0 bridgehead atoms. The van der Waals surface area contributed by atoms with E-state index in [-0.39, 0.29) is 18.0 Å². The van der Waals surface area contributed by atoms with Crippen molar-refractivity contribution in [3.63, 3.8) is 0 Å². The predicted octanol–water partition coefficient (Wildman–Crippen LogP) is 1.68. The summed E-state index contributed by atoms with van der Waals surface area (Å²) in [6.07, 6.45) is 3.70. The first-order chi connectivity index (χ1) is 11.8. The maximum Gasteiger partial charge on any atom is 0.322 e. The van der Waals surface area contributed by atoms with Crippen LogP contribution in [0, 0.1) is 13.8 Å². The van der Waals surface area contributed by atoms with Gasteiger partial charge < -0.3 is 15.5 Å². The molecule has 0 spiro atoms. The molecule has 1 aromatic rings. The highest BCUT2D eigenvalue weighted by Crippen LogP contribution is 2.28. The lowest BCUT2D eigenvalue weighted by molar-refractivity contribution is -0.124. The van der Waals surface area contributed by atoms with Crippen molar-refractivity contribution < 1.29 is 14.4 Å². The Kier molecular flexibility index (Phi) is 4.36. The van der Waals surface area contributed by atoms with Crippen LogP contribution in [-0.4, -0.2) is 46.0 Å². The Morgan fingerprint density at radius 1 is 1.44 bits per heavy atom. The fourth-order valence-electron chi connectivity index (χ4n) is 3.42. The molecule has 8 nitrogen and oxygen atoms in total. The molecule has 2 saturated heterocycles. The van der Waals surface area contributed by atoms with E-state index in [1.54, 1.807) is 18.0 Å². The smallest absolute Gasteiger partial charge is 0.322 e. The molecule has 0 radical (unpaired) electrons. The average Bonchev–Trinajstić information content (AvgIpc) is 3.07. The van der Waals surface area contributed by atoms with Crippen LogP contribution >= 0.6 is 0 Å². The molecular weight excluding hydrogens is 322 g/mol. The zero-order valence-electron chi connectivity index (χ0n) is 14.7. The van der Waals surface area contributed by atoms with Gasteiger partial charge in [0.15, 0.2) is 0 Å². The lowest BCUT2D eigenvalue weighted by Gasteiger charge is -2.30. The van der Waals surface area contributed by atoms with E-state index >= 15 is 0 Å². The van der Waals surface area contributed by atoms with Crippen LogP contribution in [0.4, 0.5) is 15.3 Å². The number of rotatable bonds is 3. The summed E-state index contributed by atoms with van der Waals surface area (Å²) in [7, 11) is 0. The van der Waals surface area contributed by atoms with E-state index in [1.807, 2.05) is 19.9 Å². The van der Waals surface area contributed by atoms with Crippen molar-refractivity contribution in [2.75, 3.05) is 11.9 Å². The molecule has 0 saturated carbocycles. The summed E-state index contributed by atoms with van der Waals surface area (Å²) in [5, 5.41) is 7.80. The summed E-state index contributed by atoms with van der Waals surface area (Å²) >= 11 is 0. The van der Waals surface area contributed by atoms with Crippen molar-refractivity contribution in [1.82, 2.24) is 20.5 Å². The molecule has 134 valence electrons. The van der Waals surface area contributed by atoms with Crippen LogP contribution in [-0.2, 0) is 4.79 Å². The number of hydrogen-bond acceptors (Lipinski definition) is 4. The molecular formula is C17H23N5O3. The average molecular weight is 345 g/mol. The fourth-order valence-corrected chi connectivity index (χ4v) is 3.42. The highest BCUT2D eigenvalue weighted by Gasteiger charge is 2.45. The standard InChI is InChI=1S/C17H23N5O3/c1-10-7-12(9-18-11(10)2)19-16(25)22-6-4-5-13(22)8-17(3)14(23)20-15(24)21-17/h7,9,13H,4-6,8H2,1-3H3,(H,19,25)(H2,20,21,23,24). The molecule has 2 atom stereocenters. The fraction of sp³-hybridized carbons (Fsp3) is 0.529. The molecule has 25 heavy (non-hydrogen) atoms. The van der Waals surface area contributed by atoms with Gasteiger partial charge in [0, 0.05) is 18.3 Å². The number of pyridine rings is 1. The third-order valence-electron chi connectivity index (χ3n) is 4.99. The molecule has 2 aliphatic heterocycles. The Hall–Kier alpha value is -2.64. The van der Waals surface area contributed by atoms with Crippen molar-refractivity contribution >= 4 is 23.7 Å². The van der Waals surface area contributed by atoms with Crippen molar-refractivity contribution in [1.29, 1.82) is 0 Å². The molecule has 2 unspecified atom stereocenters. The van der Waals surface area contributed by atoms with Gasteiger partial charge in [0.1, 0.15) is 5.54 Å². The minimum absolute atomic E-state index is 0.103. The van der Waals surface area contributed by atoms with E-state index < -0.39 is 11.6 Å². The molecule has 3 N–H and O–H groups in total. The molecule has 8 heteroatoms. The van der Waals surface area contributed by atoms with Crippen LogP contribution in [0.3, 0.4) is 0 Å².